The molecule has 1 aromatic heterocycles. The van der Waals surface area contributed by atoms with Crippen LogP contribution >= 0.6 is 0 Å². The Bertz CT molecular complexity index is 234. The maximum absolute atomic E-state index is 10.2. The van der Waals surface area contributed by atoms with Gasteiger partial charge in [0.25, 0.3) is 0 Å². The molecule has 0 aromatic carbocycles. The normalized spacial score (nSPS) is 3.81. The number of hydrogen-bond donors (Lipinski definition) is 1. The van der Waals surface area contributed by atoms with Crippen LogP contribution < -0.4 is 0 Å². The fourth-order valence-electron chi connectivity index (χ4n) is 0.494. The number of nitrogens with zero attached hydrogens (tertiary/aromatic N) is 1. The summed E-state index contributed by atoms with van der Waals surface area (Å²) in [5.74, 6) is -0.919. The molecule has 0 aliphatic carbocycles. The van der Waals surface area contributed by atoms with Crippen molar-refractivity contribution in [1.82, 2.24) is 4.98 Å². The van der Waals surface area contributed by atoms with Gasteiger partial charge >= 0.3 is 25.4 Å². The molecule has 1 heterocycles. The van der Waals surface area contributed by atoms with Crippen LogP contribution in [0.1, 0.15) is 10.4 Å². The smallest absolute Gasteiger partial charge is 0.693 e. The number of carboxylic acids is 1. The van der Waals surface area contributed by atoms with E-state index in [0.717, 1.165) is 0 Å². The van der Waals surface area contributed by atoms with Gasteiger partial charge in [0, 0.05) is 29.2 Å². The number of carboxylic acid groups (broad SMARTS) is 1. The second kappa shape index (κ2) is 60.7. The molecular formula is C7H26CoN10O2Ru-5. The summed E-state index contributed by atoms with van der Waals surface area (Å²) in [6.07, 6.45) is 2.90. The number of rotatable bonds is 1. The van der Waals surface area contributed by atoms with Gasteiger partial charge in [-0.25, -0.2) is 4.79 Å². The van der Waals surface area contributed by atoms with E-state index < -0.39 is 5.97 Å². The van der Waals surface area contributed by atoms with Crippen molar-refractivity contribution in [2.24, 2.45) is 0 Å². The molecule has 0 bridgehead atoms. The average molecular weight is 442 g/mol. The Hall–Kier alpha value is -0.610. The van der Waals surface area contributed by atoms with Crippen LogP contribution in [0.3, 0.4) is 0 Å². The molecular weight excluding hydrogens is 416 g/mol. The van der Waals surface area contributed by atoms with E-state index in [0.29, 0.717) is 0 Å². The van der Waals surface area contributed by atoms with Crippen LogP contribution in [-0.4, -0.2) is 16.1 Å². The molecule has 0 aliphatic heterocycles. The van der Waals surface area contributed by atoms with Crippen LogP contribution in [-0.2, 0) is 36.3 Å². The summed E-state index contributed by atoms with van der Waals surface area (Å²) in [5.41, 5.74) is 0.269. The van der Waals surface area contributed by atoms with Crippen molar-refractivity contribution in [3.8, 4) is 0 Å². The Morgan fingerprint density at radius 1 is 0.810 bits per heavy atom. The fourth-order valence-corrected chi connectivity index (χ4v) is 0.494. The van der Waals surface area contributed by atoms with Crippen LogP contribution in [0, 0.1) is 7.43 Å². The summed E-state index contributed by atoms with van der Waals surface area (Å²) in [6, 6.07) is 2.89. The summed E-state index contributed by atoms with van der Waals surface area (Å²) in [4.78, 5) is 13.8. The molecule has 0 saturated heterocycles. The van der Waals surface area contributed by atoms with Gasteiger partial charge in [0.15, 0.2) is 0 Å². The van der Waals surface area contributed by atoms with Crippen LogP contribution in [0.4, 0.5) is 0 Å². The summed E-state index contributed by atoms with van der Waals surface area (Å²) in [6.45, 7) is 0. The molecule has 0 unspecified atom stereocenters. The topological polar surface area (TPSA) is 352 Å². The van der Waals surface area contributed by atoms with E-state index >= 15 is 0 Å². The predicted octanol–water partition coefficient (Wildman–Crippen LogP) is 7.68. The number of nitrogens with two attached hydrogens (primary N) is 9. The molecule has 1 aromatic rings. The minimum absolute atomic E-state index is 0. The monoisotopic (exact) mass is 443 g/mol. The first kappa shape index (κ1) is 109. The van der Waals surface area contributed by atoms with Gasteiger partial charge in [-0.15, -0.1) is 0 Å². The largest absolute Gasteiger partial charge is 5.00 e. The zero-order chi connectivity index (χ0) is 6.69. The van der Waals surface area contributed by atoms with Gasteiger partial charge in [0.05, 0.1) is 5.56 Å². The molecule has 1 rings (SSSR count). The first-order chi connectivity index (χ1) is 4.30. The Labute approximate surface area is 150 Å². The summed E-state index contributed by atoms with van der Waals surface area (Å²) in [5, 5.41) is 8.36. The van der Waals surface area contributed by atoms with Crippen LogP contribution in [0.5, 0.6) is 0 Å². The average Bonchev–Trinajstić information content (AvgIpc) is 1.90. The molecule has 0 aliphatic rings. The number of aromatic carboxylic acids is 1. The number of hydrogen-bond acceptors (Lipinski definition) is 2. The Morgan fingerprint density at radius 2 is 1.05 bits per heavy atom. The van der Waals surface area contributed by atoms with Gasteiger partial charge in [0.1, 0.15) is 0 Å². The van der Waals surface area contributed by atoms with Crippen LogP contribution in [0.2, 0.25) is 0 Å². The molecule has 0 amide bonds. The fraction of sp³-hybridized carbons (Fsp3) is 0. The maximum atomic E-state index is 10.2. The van der Waals surface area contributed by atoms with E-state index in [4.69, 9.17) is 5.11 Å². The molecule has 138 valence electrons. The third kappa shape index (κ3) is 45.2. The Morgan fingerprint density at radius 3 is 1.19 bits per heavy atom. The van der Waals surface area contributed by atoms with Gasteiger partial charge in [0.2, 0.25) is 0 Å². The van der Waals surface area contributed by atoms with E-state index in [9.17, 15) is 4.79 Å². The molecule has 0 fully saturated rings. The van der Waals surface area contributed by atoms with Crippen molar-refractivity contribution in [1.29, 1.82) is 0 Å². The second-order valence-corrected chi connectivity index (χ2v) is 1.54. The van der Waals surface area contributed by atoms with Gasteiger partial charge < -0.3 is 67.9 Å². The molecule has 14 heteroatoms. The van der Waals surface area contributed by atoms with Crippen molar-refractivity contribution in [3.05, 3.63) is 92.9 Å². The minimum Gasteiger partial charge on any atom is -0.693 e. The van der Waals surface area contributed by atoms with E-state index in [-0.39, 0.29) is 105 Å². The van der Waals surface area contributed by atoms with Gasteiger partial charge in [-0.2, -0.15) is 0 Å². The maximum Gasteiger partial charge on any atom is 5.00 e. The van der Waals surface area contributed by atoms with Crippen molar-refractivity contribution in [2.45, 2.75) is 0 Å². The number of pyridine rings is 1. The van der Waals surface area contributed by atoms with Gasteiger partial charge in [-0.3, -0.25) is 4.98 Å². The molecule has 0 saturated carbocycles. The zero-order valence-corrected chi connectivity index (χ0v) is 14.3. The van der Waals surface area contributed by atoms with E-state index in [1.807, 2.05) is 0 Å². The summed E-state index contributed by atoms with van der Waals surface area (Å²) < 4.78 is 0. The van der Waals surface area contributed by atoms with Crippen molar-refractivity contribution in [2.75, 3.05) is 0 Å². The summed E-state index contributed by atoms with van der Waals surface area (Å²) in [7, 11) is 0. The first-order valence-electron chi connectivity index (χ1n) is 2.44. The van der Waals surface area contributed by atoms with E-state index in [1.165, 1.54) is 24.5 Å². The van der Waals surface area contributed by atoms with Gasteiger partial charge in [-0.1, -0.05) is 0 Å². The van der Waals surface area contributed by atoms with Crippen molar-refractivity contribution < 1.29 is 46.2 Å². The van der Waals surface area contributed by atoms with E-state index in [1.54, 1.807) is 0 Å². The molecule has 2 radical (unpaired) electrons. The Balaban J connectivity index is -0.00000000675. The molecule has 21 heavy (non-hydrogen) atoms. The standard InChI is InChI=1S/C6H5NO2.CH3.Co.9H2N.Ru/c8-6(9)5-1-3-7-4-2-5;;;;;;;;;;;;/h1-4H,(H,8,9);1H3;;9*1H2;/q;-1;;9*-1;+5. The third-order valence-corrected chi connectivity index (χ3v) is 0.927. The Kier molecular flexibility index (Phi) is 315. The molecule has 0 spiro atoms. The van der Waals surface area contributed by atoms with E-state index in [2.05, 4.69) is 4.98 Å². The SMILES string of the molecule is O=C(O)c1ccncc1.[CH3-].[Co].[NH2-].[NH2-].[NH2-].[NH2-].[NH2-].[NH2-].[NH2-].[NH2-].[NH2-].[Ru+5]. The predicted molar refractivity (Wildman–Crippen MR) is 85.2 cm³/mol. The molecule has 12 nitrogen and oxygen atoms in total. The number of aromatic nitrogens is 1. The minimum atomic E-state index is -0.919. The second-order valence-electron chi connectivity index (χ2n) is 1.54. The number of carbonyl (C=O) groups is 1. The third-order valence-electron chi connectivity index (χ3n) is 0.927. The molecule has 0 atom stereocenters. The summed E-state index contributed by atoms with van der Waals surface area (Å²) >= 11 is 0. The van der Waals surface area contributed by atoms with Crippen molar-refractivity contribution >= 4 is 5.97 Å². The first-order valence-corrected chi connectivity index (χ1v) is 2.44. The zero-order valence-electron chi connectivity index (χ0n) is 11.5. The van der Waals surface area contributed by atoms with Crippen LogP contribution in [0.25, 0.3) is 55.4 Å². The molecule has 19 N–H and O–H groups in total. The quantitative estimate of drug-likeness (QED) is 0.337. The van der Waals surface area contributed by atoms with Crippen LogP contribution in [0.15, 0.2) is 24.5 Å². The van der Waals surface area contributed by atoms with Gasteiger partial charge in [-0.05, 0) is 12.1 Å². The van der Waals surface area contributed by atoms with Crippen molar-refractivity contribution in [3.63, 3.8) is 0 Å².